The Kier molecular flexibility index (Phi) is 6.70. The number of methoxy groups -OCH3 is 1. The molecular formula is C17H14ClKN4O4S. The van der Waals surface area contributed by atoms with E-state index in [2.05, 4.69) is 14.8 Å². The van der Waals surface area contributed by atoms with E-state index in [1.165, 1.54) is 25.4 Å². The SMILES string of the molecule is COc1ccc(Cl)cc1S(=O)(=O)[N-]c1cnc2c(c1)-c1ccnn1CCO2.[K+]. The average molecular weight is 445 g/mol. The van der Waals surface area contributed by atoms with Crippen molar-refractivity contribution < 1.29 is 69.3 Å². The van der Waals surface area contributed by atoms with E-state index in [0.717, 1.165) is 5.69 Å². The maximum atomic E-state index is 12.8. The smallest absolute Gasteiger partial charge is 0.571 e. The van der Waals surface area contributed by atoms with Crippen molar-refractivity contribution in [2.24, 2.45) is 0 Å². The first-order valence-electron chi connectivity index (χ1n) is 7.94. The van der Waals surface area contributed by atoms with E-state index in [1.54, 1.807) is 23.0 Å². The maximum absolute atomic E-state index is 12.8. The van der Waals surface area contributed by atoms with E-state index in [-0.39, 0.29) is 72.7 Å². The zero-order valence-corrected chi connectivity index (χ0v) is 19.9. The Hall–Kier alpha value is -1.14. The molecular weight excluding hydrogens is 431 g/mol. The van der Waals surface area contributed by atoms with E-state index in [9.17, 15) is 8.42 Å². The summed E-state index contributed by atoms with van der Waals surface area (Å²) in [5.41, 5.74) is 1.57. The molecule has 8 nitrogen and oxygen atoms in total. The number of aromatic nitrogens is 3. The maximum Gasteiger partial charge on any atom is 1.00 e. The van der Waals surface area contributed by atoms with Gasteiger partial charge in [0, 0.05) is 17.4 Å². The predicted octanol–water partition coefficient (Wildman–Crippen LogP) is 0.398. The first kappa shape index (κ1) is 21.6. The quantitative estimate of drug-likeness (QED) is 0.540. The van der Waals surface area contributed by atoms with Crippen LogP contribution < -0.4 is 60.9 Å². The molecule has 1 aromatic carbocycles. The van der Waals surface area contributed by atoms with Gasteiger partial charge in [-0.3, -0.25) is 4.68 Å². The van der Waals surface area contributed by atoms with Gasteiger partial charge in [0.1, 0.15) is 22.4 Å². The minimum atomic E-state index is -4.07. The van der Waals surface area contributed by atoms with Crippen LogP contribution in [0, 0.1) is 0 Å². The molecule has 28 heavy (non-hydrogen) atoms. The Balaban J connectivity index is 0.00000225. The van der Waals surface area contributed by atoms with Gasteiger partial charge in [-0.1, -0.05) is 17.7 Å². The first-order chi connectivity index (χ1) is 13.0. The van der Waals surface area contributed by atoms with Crippen LogP contribution in [0.15, 0.2) is 47.6 Å². The van der Waals surface area contributed by atoms with E-state index >= 15 is 0 Å². The second kappa shape index (κ2) is 8.70. The van der Waals surface area contributed by atoms with Crippen molar-refractivity contribution in [1.82, 2.24) is 14.8 Å². The van der Waals surface area contributed by atoms with Crippen LogP contribution in [0.25, 0.3) is 16.0 Å². The molecule has 0 saturated carbocycles. The van der Waals surface area contributed by atoms with Gasteiger partial charge >= 0.3 is 51.4 Å². The van der Waals surface area contributed by atoms with Crippen LogP contribution in [0.4, 0.5) is 5.69 Å². The summed E-state index contributed by atoms with van der Waals surface area (Å²) < 4.78 is 42.0. The second-order valence-corrected chi connectivity index (χ2v) is 7.70. The van der Waals surface area contributed by atoms with E-state index in [1.807, 2.05) is 6.07 Å². The third-order valence-corrected chi connectivity index (χ3v) is 5.56. The van der Waals surface area contributed by atoms with Gasteiger partial charge in [0.2, 0.25) is 5.88 Å². The number of nitrogens with zero attached hydrogens (tertiary/aromatic N) is 4. The minimum absolute atomic E-state index is 0. The number of hydrogen-bond acceptors (Lipinski definition) is 6. The molecule has 140 valence electrons. The molecule has 3 aromatic rings. The normalized spacial score (nSPS) is 12.6. The number of pyridine rings is 1. The summed E-state index contributed by atoms with van der Waals surface area (Å²) in [6, 6.07) is 7.74. The van der Waals surface area contributed by atoms with Gasteiger partial charge in [0.25, 0.3) is 0 Å². The van der Waals surface area contributed by atoms with E-state index in [4.69, 9.17) is 21.1 Å². The van der Waals surface area contributed by atoms with Gasteiger partial charge in [0.15, 0.2) is 0 Å². The number of rotatable bonds is 4. The van der Waals surface area contributed by atoms with Gasteiger partial charge in [-0.05, 0) is 24.3 Å². The molecule has 0 fully saturated rings. The molecule has 0 aliphatic carbocycles. The molecule has 0 saturated heterocycles. The molecule has 3 heterocycles. The molecule has 0 amide bonds. The number of benzene rings is 1. The Morgan fingerprint density at radius 2 is 2.11 bits per heavy atom. The van der Waals surface area contributed by atoms with Crippen LogP contribution in [-0.4, -0.2) is 36.9 Å². The Morgan fingerprint density at radius 1 is 1.29 bits per heavy atom. The monoisotopic (exact) mass is 444 g/mol. The van der Waals surface area contributed by atoms with E-state index < -0.39 is 10.0 Å². The summed E-state index contributed by atoms with van der Waals surface area (Å²) in [6.07, 6.45) is 3.02. The summed E-state index contributed by atoms with van der Waals surface area (Å²) >= 11 is 5.94. The molecule has 0 spiro atoms. The van der Waals surface area contributed by atoms with Gasteiger partial charge in [0.05, 0.1) is 29.8 Å². The number of halogens is 1. The molecule has 4 rings (SSSR count). The zero-order chi connectivity index (χ0) is 19.0. The van der Waals surface area contributed by atoms with Crippen LogP contribution in [0.5, 0.6) is 11.6 Å². The average Bonchev–Trinajstić information content (AvgIpc) is 3.04. The Labute approximate surface area is 209 Å². The van der Waals surface area contributed by atoms with Crippen molar-refractivity contribution in [2.75, 3.05) is 13.7 Å². The van der Waals surface area contributed by atoms with Crippen LogP contribution in [0.1, 0.15) is 0 Å². The molecule has 2 aromatic heterocycles. The summed E-state index contributed by atoms with van der Waals surface area (Å²) in [4.78, 5) is 4.10. The van der Waals surface area contributed by atoms with Gasteiger partial charge in [-0.2, -0.15) is 5.10 Å². The molecule has 0 unspecified atom stereocenters. The van der Waals surface area contributed by atoms with Crippen molar-refractivity contribution in [1.29, 1.82) is 0 Å². The fourth-order valence-electron chi connectivity index (χ4n) is 2.80. The summed E-state index contributed by atoms with van der Waals surface area (Å²) in [7, 11) is -2.69. The van der Waals surface area contributed by atoms with Crippen LogP contribution in [-0.2, 0) is 16.6 Å². The number of fused-ring (bicyclic) bond motifs is 3. The van der Waals surface area contributed by atoms with Crippen molar-refractivity contribution >= 4 is 27.3 Å². The molecule has 0 radical (unpaired) electrons. The Bertz CT molecular complexity index is 1120. The summed E-state index contributed by atoms with van der Waals surface area (Å²) in [6.45, 7) is 0.992. The second-order valence-electron chi connectivity index (χ2n) is 5.70. The largest absolute Gasteiger partial charge is 1.00 e. The molecule has 1 aliphatic rings. The molecule has 1 aliphatic heterocycles. The third-order valence-electron chi connectivity index (χ3n) is 4.00. The fourth-order valence-corrected chi connectivity index (χ4v) is 4.19. The van der Waals surface area contributed by atoms with Gasteiger partial charge in [-0.25, -0.2) is 13.4 Å². The predicted molar refractivity (Wildman–Crippen MR) is 99.2 cm³/mol. The fraction of sp³-hybridized carbons (Fsp3) is 0.176. The zero-order valence-electron chi connectivity index (χ0n) is 15.2. The van der Waals surface area contributed by atoms with Crippen molar-refractivity contribution in [3.63, 3.8) is 0 Å². The first-order valence-corrected chi connectivity index (χ1v) is 9.76. The van der Waals surface area contributed by atoms with Crippen molar-refractivity contribution in [3.05, 3.63) is 52.5 Å². The molecule has 0 N–H and O–H groups in total. The number of hydrogen-bond donors (Lipinski definition) is 0. The minimum Gasteiger partial charge on any atom is -0.571 e. The topological polar surface area (TPSA) is 97.4 Å². The Morgan fingerprint density at radius 3 is 2.89 bits per heavy atom. The van der Waals surface area contributed by atoms with Crippen LogP contribution in [0.3, 0.4) is 0 Å². The molecule has 0 atom stereocenters. The number of ether oxygens (including phenoxy) is 2. The summed E-state index contributed by atoms with van der Waals surface area (Å²) in [5.74, 6) is 0.568. The van der Waals surface area contributed by atoms with Crippen molar-refractivity contribution in [3.8, 4) is 22.9 Å². The van der Waals surface area contributed by atoms with Crippen molar-refractivity contribution in [2.45, 2.75) is 11.4 Å². The van der Waals surface area contributed by atoms with Crippen LogP contribution >= 0.6 is 11.6 Å². The third kappa shape index (κ3) is 4.23. The standard InChI is InChI=1S/C17H14ClN4O4S.K/c1-25-15-3-2-11(18)8-16(15)27(23,24)21-12-9-13-14-4-5-20-22(14)6-7-26-17(13)19-10-12;/h2-5,8-10H,6-7H2,1H3;/q-1;+1. The molecule has 0 bridgehead atoms. The molecule has 11 heteroatoms. The van der Waals surface area contributed by atoms with Gasteiger partial charge < -0.3 is 14.2 Å². The van der Waals surface area contributed by atoms with Gasteiger partial charge in [-0.15, -0.1) is 5.69 Å². The van der Waals surface area contributed by atoms with E-state index in [0.29, 0.717) is 24.6 Å². The number of sulfonamides is 1. The summed E-state index contributed by atoms with van der Waals surface area (Å²) in [5, 5.41) is 4.49. The van der Waals surface area contributed by atoms with Crippen LogP contribution in [0.2, 0.25) is 5.02 Å².